The number of anilines is 1. The summed E-state index contributed by atoms with van der Waals surface area (Å²) in [5.74, 6) is 0. The van der Waals surface area contributed by atoms with E-state index in [1.165, 1.54) is 25.9 Å². The summed E-state index contributed by atoms with van der Waals surface area (Å²) in [5, 5.41) is 0. The minimum atomic E-state index is 0.0500. The summed E-state index contributed by atoms with van der Waals surface area (Å²) in [6.45, 7) is 10.7. The molecule has 0 N–H and O–H groups in total. The van der Waals surface area contributed by atoms with E-state index < -0.39 is 0 Å². The molecule has 0 heterocycles. The first kappa shape index (κ1) is 16.3. The van der Waals surface area contributed by atoms with Crippen LogP contribution in [0.3, 0.4) is 0 Å². The Morgan fingerprint density at radius 1 is 1.05 bits per heavy atom. The Kier molecular flexibility index (Phi) is 6.66. The first-order valence-corrected chi connectivity index (χ1v) is 7.67. The van der Waals surface area contributed by atoms with E-state index in [4.69, 9.17) is 12.2 Å². The van der Waals surface area contributed by atoms with E-state index >= 15 is 0 Å². The van der Waals surface area contributed by atoms with Gasteiger partial charge in [-0.25, -0.2) is 0 Å². The lowest BCUT2D eigenvalue weighted by molar-refractivity contribution is 0.272. The van der Waals surface area contributed by atoms with Gasteiger partial charge >= 0.3 is 0 Å². The molecule has 0 aliphatic carbocycles. The largest absolute Gasteiger partial charge is 0.371 e. The van der Waals surface area contributed by atoms with Crippen molar-refractivity contribution < 1.29 is 0 Å². The van der Waals surface area contributed by atoms with Crippen molar-refractivity contribution in [3.63, 3.8) is 0 Å². The maximum atomic E-state index is 11.7. The van der Waals surface area contributed by atoms with Crippen LogP contribution in [-0.4, -0.2) is 38.1 Å². The molecule has 3 nitrogen and oxygen atoms in total. The number of rotatable bonds is 9. The van der Waals surface area contributed by atoms with Crippen LogP contribution in [0.5, 0.6) is 0 Å². The van der Waals surface area contributed by atoms with Crippen molar-refractivity contribution in [3.05, 3.63) is 20.3 Å². The van der Waals surface area contributed by atoms with Crippen LogP contribution in [0.2, 0.25) is 0 Å². The average molecular weight is 282 g/mol. The SMILES string of the molecule is CCCN(CCC)CCCN(C)c1c(C)c(=S)c1=O. The molecule has 0 spiro atoms. The molecule has 0 saturated carbocycles. The predicted molar refractivity (Wildman–Crippen MR) is 85.6 cm³/mol. The summed E-state index contributed by atoms with van der Waals surface area (Å²) in [6.07, 6.45) is 3.49. The van der Waals surface area contributed by atoms with Gasteiger partial charge in [0.15, 0.2) is 0 Å². The van der Waals surface area contributed by atoms with Gasteiger partial charge in [-0.05, 0) is 51.4 Å². The minimum Gasteiger partial charge on any atom is -0.371 e. The van der Waals surface area contributed by atoms with Crippen molar-refractivity contribution in [1.29, 1.82) is 0 Å². The lowest BCUT2D eigenvalue weighted by atomic mass is 10.1. The zero-order chi connectivity index (χ0) is 14.4. The van der Waals surface area contributed by atoms with Crippen molar-refractivity contribution in [3.8, 4) is 0 Å². The van der Waals surface area contributed by atoms with Crippen LogP contribution in [0.4, 0.5) is 5.69 Å². The molecule has 108 valence electrons. The van der Waals surface area contributed by atoms with E-state index in [2.05, 4.69) is 23.6 Å². The quantitative estimate of drug-likeness (QED) is 0.650. The Bertz CT molecular complexity index is 457. The van der Waals surface area contributed by atoms with Gasteiger partial charge in [0.2, 0.25) is 5.43 Å². The Balaban J connectivity index is 2.40. The summed E-state index contributed by atoms with van der Waals surface area (Å²) in [6, 6.07) is 0. The normalized spacial score (nSPS) is 11.4. The molecule has 0 bridgehead atoms. The highest BCUT2D eigenvalue weighted by atomic mass is 32.1. The highest BCUT2D eigenvalue weighted by Crippen LogP contribution is 2.18. The van der Waals surface area contributed by atoms with Gasteiger partial charge in [0.1, 0.15) is 0 Å². The van der Waals surface area contributed by atoms with Gasteiger partial charge in [0.25, 0.3) is 0 Å². The molecule has 0 saturated heterocycles. The Hall–Kier alpha value is -0.740. The first-order chi connectivity index (χ1) is 9.02. The van der Waals surface area contributed by atoms with Crippen LogP contribution in [-0.2, 0) is 0 Å². The van der Waals surface area contributed by atoms with Crippen LogP contribution in [0.25, 0.3) is 0 Å². The molecule has 0 aromatic heterocycles. The summed E-state index contributed by atoms with van der Waals surface area (Å²) in [4.78, 5) is 16.2. The van der Waals surface area contributed by atoms with Crippen molar-refractivity contribution in [2.45, 2.75) is 40.0 Å². The highest BCUT2D eigenvalue weighted by molar-refractivity contribution is 7.71. The van der Waals surface area contributed by atoms with Crippen LogP contribution in [0.15, 0.2) is 4.79 Å². The number of hydrogen-bond acceptors (Lipinski definition) is 4. The van der Waals surface area contributed by atoms with Gasteiger partial charge in [-0.2, -0.15) is 0 Å². The lowest BCUT2D eigenvalue weighted by Gasteiger charge is -2.25. The van der Waals surface area contributed by atoms with Crippen molar-refractivity contribution >= 4 is 17.9 Å². The average Bonchev–Trinajstić information content (AvgIpc) is 2.39. The predicted octanol–water partition coefficient (Wildman–Crippen LogP) is 2.91. The van der Waals surface area contributed by atoms with Gasteiger partial charge in [-0.3, -0.25) is 4.79 Å². The molecule has 4 heteroatoms. The van der Waals surface area contributed by atoms with Gasteiger partial charge < -0.3 is 9.80 Å². The molecule has 0 atom stereocenters. The molecule has 0 amide bonds. The van der Waals surface area contributed by atoms with Crippen molar-refractivity contribution in [2.24, 2.45) is 0 Å². The molecule has 1 rings (SSSR count). The molecular weight excluding hydrogens is 256 g/mol. The van der Waals surface area contributed by atoms with Gasteiger partial charge in [0.05, 0.1) is 10.2 Å². The summed E-state index contributed by atoms with van der Waals surface area (Å²) in [5.41, 5.74) is 1.86. The smallest absolute Gasteiger partial charge is 0.220 e. The summed E-state index contributed by atoms with van der Waals surface area (Å²) < 4.78 is 0.514. The van der Waals surface area contributed by atoms with E-state index in [-0.39, 0.29) is 5.43 Å². The third kappa shape index (κ3) is 4.11. The molecule has 19 heavy (non-hydrogen) atoms. The van der Waals surface area contributed by atoms with Crippen LogP contribution in [0.1, 0.15) is 38.7 Å². The molecule has 0 unspecified atom stereocenters. The maximum Gasteiger partial charge on any atom is 0.220 e. The Morgan fingerprint density at radius 2 is 1.63 bits per heavy atom. The van der Waals surface area contributed by atoms with Gasteiger partial charge in [-0.1, -0.05) is 26.1 Å². The third-order valence-electron chi connectivity index (χ3n) is 3.55. The molecule has 0 fully saturated rings. The van der Waals surface area contributed by atoms with E-state index in [9.17, 15) is 4.79 Å². The van der Waals surface area contributed by atoms with Crippen molar-refractivity contribution in [1.82, 2.24) is 4.90 Å². The second kappa shape index (κ2) is 7.75. The van der Waals surface area contributed by atoms with Crippen molar-refractivity contribution in [2.75, 3.05) is 38.1 Å². The molecule has 1 aromatic carbocycles. The zero-order valence-corrected chi connectivity index (χ0v) is 13.5. The minimum absolute atomic E-state index is 0.0500. The molecule has 0 radical (unpaired) electrons. The fourth-order valence-electron chi connectivity index (χ4n) is 2.56. The van der Waals surface area contributed by atoms with Gasteiger partial charge in [0, 0.05) is 13.6 Å². The lowest BCUT2D eigenvalue weighted by Crippen LogP contribution is -2.33. The van der Waals surface area contributed by atoms with E-state index in [0.717, 1.165) is 30.8 Å². The standard InChI is InChI=1S/C15H26N2OS/c1-5-8-17(9-6-2)11-7-10-16(4)13-12(3)15(19)14(13)18/h5-11H2,1-4H3. The molecule has 1 aromatic rings. The second-order valence-electron chi connectivity index (χ2n) is 5.25. The second-order valence-corrected chi connectivity index (χ2v) is 5.66. The number of hydrogen-bond donors (Lipinski definition) is 0. The van der Waals surface area contributed by atoms with E-state index in [1.807, 2.05) is 14.0 Å². The maximum absolute atomic E-state index is 11.7. The van der Waals surface area contributed by atoms with Crippen LogP contribution >= 0.6 is 12.2 Å². The number of nitrogens with zero attached hydrogens (tertiary/aromatic N) is 2. The van der Waals surface area contributed by atoms with E-state index in [1.54, 1.807) is 0 Å². The highest BCUT2D eigenvalue weighted by Gasteiger charge is 2.17. The fourth-order valence-corrected chi connectivity index (χ4v) is 2.76. The van der Waals surface area contributed by atoms with E-state index in [0.29, 0.717) is 4.51 Å². The topological polar surface area (TPSA) is 23.6 Å². The van der Waals surface area contributed by atoms with Crippen LogP contribution < -0.4 is 10.3 Å². The first-order valence-electron chi connectivity index (χ1n) is 7.26. The van der Waals surface area contributed by atoms with Gasteiger partial charge in [-0.15, -0.1) is 0 Å². The third-order valence-corrected chi connectivity index (χ3v) is 4.04. The summed E-state index contributed by atoms with van der Waals surface area (Å²) in [7, 11) is 1.99. The fraction of sp³-hybridized carbons (Fsp3) is 0.733. The van der Waals surface area contributed by atoms with Crippen LogP contribution in [0, 0.1) is 11.4 Å². The summed E-state index contributed by atoms with van der Waals surface area (Å²) >= 11 is 5.01. The Morgan fingerprint density at radius 3 is 2.11 bits per heavy atom. The zero-order valence-electron chi connectivity index (χ0n) is 12.7. The molecule has 0 aliphatic rings. The molecule has 0 aliphatic heterocycles. The molecular formula is C15H26N2OS. The monoisotopic (exact) mass is 282 g/mol. The Labute approximate surface area is 121 Å².